The van der Waals surface area contributed by atoms with Crippen LogP contribution < -0.4 is 0 Å². The molecule has 0 bridgehead atoms. The van der Waals surface area contributed by atoms with Gasteiger partial charge in [0, 0.05) is 20.1 Å². The lowest BCUT2D eigenvalue weighted by molar-refractivity contribution is -0.180. The molecule has 1 N–H and O–H groups in total. The van der Waals surface area contributed by atoms with E-state index in [0.717, 1.165) is 4.90 Å². The SMILES string of the molecule is CO[C@@]1(C(=O)O)CCCN1C(=O)OC(C)(C)C. The quantitative estimate of drug-likeness (QED) is 0.796. The number of ether oxygens (including phenoxy) is 2. The average molecular weight is 245 g/mol. The monoisotopic (exact) mass is 245 g/mol. The first-order valence-electron chi connectivity index (χ1n) is 5.52. The lowest BCUT2D eigenvalue weighted by Crippen LogP contribution is -2.55. The summed E-state index contributed by atoms with van der Waals surface area (Å²) in [5.41, 5.74) is -2.24. The van der Waals surface area contributed by atoms with E-state index in [1.54, 1.807) is 20.8 Å². The highest BCUT2D eigenvalue weighted by atomic mass is 16.6. The van der Waals surface area contributed by atoms with Crippen molar-refractivity contribution >= 4 is 12.1 Å². The highest BCUT2D eigenvalue weighted by molar-refractivity contribution is 5.83. The number of carbonyl (C=O) groups excluding carboxylic acids is 1. The number of likely N-dealkylation sites (tertiary alicyclic amines) is 1. The Balaban J connectivity index is 2.89. The normalized spacial score (nSPS) is 24.8. The summed E-state index contributed by atoms with van der Waals surface area (Å²) < 4.78 is 10.2. The molecule has 1 aliphatic heterocycles. The summed E-state index contributed by atoms with van der Waals surface area (Å²) in [6.07, 6.45) is 0.205. The van der Waals surface area contributed by atoms with Crippen LogP contribution in [0.3, 0.4) is 0 Å². The van der Waals surface area contributed by atoms with Crippen LogP contribution in [-0.2, 0) is 14.3 Å². The van der Waals surface area contributed by atoms with E-state index in [1.807, 2.05) is 0 Å². The number of carbonyl (C=O) groups is 2. The smallest absolute Gasteiger partial charge is 0.413 e. The fraction of sp³-hybridized carbons (Fsp3) is 0.818. The standard InChI is InChI=1S/C11H19NO5/c1-10(2,3)17-9(15)12-7-5-6-11(12,16-4)8(13)14/h5-7H2,1-4H3,(H,13,14)/t11-/m1/s1. The highest BCUT2D eigenvalue weighted by Crippen LogP contribution is 2.31. The number of hydrogen-bond donors (Lipinski definition) is 1. The lowest BCUT2D eigenvalue weighted by atomic mass is 10.1. The second kappa shape index (κ2) is 4.52. The zero-order valence-electron chi connectivity index (χ0n) is 10.6. The molecule has 1 fully saturated rings. The van der Waals surface area contributed by atoms with E-state index in [2.05, 4.69) is 0 Å². The van der Waals surface area contributed by atoms with E-state index in [-0.39, 0.29) is 6.42 Å². The first-order valence-corrected chi connectivity index (χ1v) is 5.52. The second-order valence-corrected chi connectivity index (χ2v) is 5.03. The number of carboxylic acids is 1. The Labute approximate surface area is 100 Å². The molecule has 1 saturated heterocycles. The zero-order chi connectivity index (χ0) is 13.3. The first kappa shape index (κ1) is 13.8. The third-order valence-electron chi connectivity index (χ3n) is 2.62. The third-order valence-corrected chi connectivity index (χ3v) is 2.62. The van der Waals surface area contributed by atoms with Gasteiger partial charge in [0.2, 0.25) is 5.72 Å². The number of carboxylic acid groups (broad SMARTS) is 1. The van der Waals surface area contributed by atoms with Crippen molar-refractivity contribution in [2.45, 2.75) is 44.9 Å². The zero-order valence-corrected chi connectivity index (χ0v) is 10.6. The molecule has 0 unspecified atom stereocenters. The number of methoxy groups -OCH3 is 1. The molecule has 1 atom stereocenters. The topological polar surface area (TPSA) is 76.1 Å². The largest absolute Gasteiger partial charge is 0.478 e. The van der Waals surface area contributed by atoms with Crippen LogP contribution in [0.15, 0.2) is 0 Å². The van der Waals surface area contributed by atoms with Gasteiger partial charge in [0.1, 0.15) is 5.60 Å². The van der Waals surface area contributed by atoms with Crippen molar-refractivity contribution in [2.75, 3.05) is 13.7 Å². The maximum Gasteiger partial charge on any atom is 0.413 e. The Bertz CT molecular complexity index is 322. The molecule has 1 amide bonds. The second-order valence-electron chi connectivity index (χ2n) is 5.03. The molecule has 0 radical (unpaired) electrons. The minimum atomic E-state index is -1.58. The minimum absolute atomic E-state index is 0.276. The van der Waals surface area contributed by atoms with Crippen molar-refractivity contribution < 1.29 is 24.2 Å². The van der Waals surface area contributed by atoms with Crippen LogP contribution in [0.4, 0.5) is 4.79 Å². The summed E-state index contributed by atoms with van der Waals surface area (Å²) >= 11 is 0. The molecule has 0 aliphatic carbocycles. The van der Waals surface area contributed by atoms with Gasteiger partial charge in [0.05, 0.1) is 0 Å². The molecule has 6 nitrogen and oxygen atoms in total. The molecule has 98 valence electrons. The fourth-order valence-electron chi connectivity index (χ4n) is 1.87. The van der Waals surface area contributed by atoms with Crippen molar-refractivity contribution in [1.82, 2.24) is 4.90 Å². The molecule has 1 heterocycles. The molecule has 0 aromatic heterocycles. The predicted molar refractivity (Wildman–Crippen MR) is 59.5 cm³/mol. The molecule has 0 aromatic carbocycles. The van der Waals surface area contributed by atoms with Gasteiger partial charge in [-0.3, -0.25) is 4.90 Å². The van der Waals surface area contributed by atoms with Crippen LogP contribution in [0.25, 0.3) is 0 Å². The highest BCUT2D eigenvalue weighted by Gasteiger charge is 2.52. The third kappa shape index (κ3) is 2.69. The van der Waals surface area contributed by atoms with E-state index in [1.165, 1.54) is 7.11 Å². The maximum atomic E-state index is 11.9. The molecule has 0 saturated carbocycles. The molecule has 1 rings (SSSR count). The fourth-order valence-corrected chi connectivity index (χ4v) is 1.87. The van der Waals surface area contributed by atoms with Crippen LogP contribution in [0.1, 0.15) is 33.6 Å². The van der Waals surface area contributed by atoms with Gasteiger partial charge in [-0.1, -0.05) is 0 Å². The predicted octanol–water partition coefficient (Wildman–Crippen LogP) is 1.44. The molecule has 0 spiro atoms. The minimum Gasteiger partial charge on any atom is -0.478 e. The molecule has 0 aromatic rings. The van der Waals surface area contributed by atoms with Gasteiger partial charge in [-0.2, -0.15) is 0 Å². The Morgan fingerprint density at radius 3 is 2.35 bits per heavy atom. The lowest BCUT2D eigenvalue weighted by Gasteiger charge is -2.34. The Hall–Kier alpha value is -1.30. The van der Waals surface area contributed by atoms with Gasteiger partial charge in [-0.15, -0.1) is 0 Å². The Kier molecular flexibility index (Phi) is 3.66. The van der Waals surface area contributed by atoms with Crippen molar-refractivity contribution in [3.05, 3.63) is 0 Å². The maximum absolute atomic E-state index is 11.9. The molecule has 17 heavy (non-hydrogen) atoms. The van der Waals surface area contributed by atoms with Crippen LogP contribution in [0.2, 0.25) is 0 Å². The number of rotatable bonds is 2. The van der Waals surface area contributed by atoms with E-state index in [4.69, 9.17) is 9.47 Å². The van der Waals surface area contributed by atoms with Crippen molar-refractivity contribution in [3.63, 3.8) is 0 Å². The number of nitrogens with zero attached hydrogens (tertiary/aromatic N) is 1. The Morgan fingerprint density at radius 1 is 1.35 bits per heavy atom. The summed E-state index contributed by atoms with van der Waals surface area (Å²) in [5, 5.41) is 9.21. The van der Waals surface area contributed by atoms with Gasteiger partial charge in [-0.05, 0) is 27.2 Å². The summed E-state index contributed by atoms with van der Waals surface area (Å²) in [5.74, 6) is -1.16. The summed E-state index contributed by atoms with van der Waals surface area (Å²) in [6, 6.07) is 0. The van der Waals surface area contributed by atoms with E-state index < -0.39 is 23.4 Å². The van der Waals surface area contributed by atoms with Crippen LogP contribution in [0, 0.1) is 0 Å². The number of amides is 1. The van der Waals surface area contributed by atoms with E-state index >= 15 is 0 Å². The summed E-state index contributed by atoms with van der Waals surface area (Å²) in [7, 11) is 1.29. The van der Waals surface area contributed by atoms with Gasteiger partial charge in [0.25, 0.3) is 0 Å². The van der Waals surface area contributed by atoms with Gasteiger partial charge in [0.15, 0.2) is 0 Å². The summed E-state index contributed by atoms with van der Waals surface area (Å²) in [6.45, 7) is 5.53. The van der Waals surface area contributed by atoms with Gasteiger partial charge < -0.3 is 14.6 Å². The van der Waals surface area contributed by atoms with Crippen LogP contribution in [-0.4, -0.2) is 47.0 Å². The number of hydrogen-bond acceptors (Lipinski definition) is 4. The molecular formula is C11H19NO5. The van der Waals surface area contributed by atoms with Crippen LogP contribution in [0.5, 0.6) is 0 Å². The van der Waals surface area contributed by atoms with Crippen molar-refractivity contribution in [2.24, 2.45) is 0 Å². The number of aliphatic carboxylic acids is 1. The Morgan fingerprint density at radius 2 is 1.94 bits per heavy atom. The van der Waals surface area contributed by atoms with Gasteiger partial charge >= 0.3 is 12.1 Å². The first-order chi connectivity index (χ1) is 7.73. The van der Waals surface area contributed by atoms with Crippen molar-refractivity contribution in [1.29, 1.82) is 0 Å². The van der Waals surface area contributed by atoms with E-state index in [9.17, 15) is 14.7 Å². The summed E-state index contributed by atoms with van der Waals surface area (Å²) in [4.78, 5) is 24.3. The van der Waals surface area contributed by atoms with Gasteiger partial charge in [-0.25, -0.2) is 9.59 Å². The molecular weight excluding hydrogens is 226 g/mol. The molecule has 1 aliphatic rings. The van der Waals surface area contributed by atoms with Crippen molar-refractivity contribution in [3.8, 4) is 0 Å². The van der Waals surface area contributed by atoms with Crippen LogP contribution >= 0.6 is 0 Å². The van der Waals surface area contributed by atoms with E-state index in [0.29, 0.717) is 13.0 Å². The molecule has 6 heteroatoms. The average Bonchev–Trinajstić information content (AvgIpc) is 2.59.